The molecule has 3 heterocycles. The van der Waals surface area contributed by atoms with Crippen molar-refractivity contribution < 1.29 is 35.9 Å². The Kier molecular flexibility index (Phi) is 8.46. The lowest BCUT2D eigenvalue weighted by molar-refractivity contribution is -0.138. The number of carbonyl (C=O) groups is 2. The van der Waals surface area contributed by atoms with Crippen LogP contribution in [0.4, 0.5) is 18.0 Å². The molecule has 1 N–H and O–H groups in total. The Morgan fingerprint density at radius 3 is 2.61 bits per heavy atom. The highest BCUT2D eigenvalue weighted by Gasteiger charge is 2.36. The number of imide groups is 1. The van der Waals surface area contributed by atoms with E-state index < -0.39 is 33.1 Å². The number of halogens is 4. The molecule has 0 aliphatic carbocycles. The van der Waals surface area contributed by atoms with Gasteiger partial charge >= 0.3 is 6.18 Å². The van der Waals surface area contributed by atoms with Crippen LogP contribution in [0.2, 0.25) is 5.02 Å². The SMILES string of the molecule is O=C1S/C(=C\c2ccc3c(cnn3Cc3ccc(Cl)cc3C(F)(F)F)c2)C(=O)N1CCNS(=O)(=O)N1CCOCC1. The average molecular weight is 630 g/mol. The minimum atomic E-state index is -4.58. The van der Waals surface area contributed by atoms with Crippen molar-refractivity contribution in [2.24, 2.45) is 0 Å². The molecule has 0 unspecified atom stereocenters. The highest BCUT2D eigenvalue weighted by molar-refractivity contribution is 8.18. The van der Waals surface area contributed by atoms with Gasteiger partial charge in [0.25, 0.3) is 21.4 Å². The minimum Gasteiger partial charge on any atom is -0.379 e. The molecule has 1 aromatic heterocycles. The maximum atomic E-state index is 13.5. The quantitative estimate of drug-likeness (QED) is 0.375. The van der Waals surface area contributed by atoms with Crippen LogP contribution in [0.25, 0.3) is 17.0 Å². The third kappa shape index (κ3) is 6.60. The Balaban J connectivity index is 1.27. The molecule has 2 amide bonds. The van der Waals surface area contributed by atoms with E-state index in [4.69, 9.17) is 16.3 Å². The van der Waals surface area contributed by atoms with Crippen LogP contribution in [0, 0.1) is 0 Å². The number of fused-ring (bicyclic) bond motifs is 1. The van der Waals surface area contributed by atoms with Crippen molar-refractivity contribution in [1.29, 1.82) is 0 Å². The van der Waals surface area contributed by atoms with Crippen LogP contribution in [0.1, 0.15) is 16.7 Å². The van der Waals surface area contributed by atoms with Gasteiger partial charge in [0.2, 0.25) is 0 Å². The molecule has 2 fully saturated rings. The highest BCUT2D eigenvalue weighted by Crippen LogP contribution is 2.35. The van der Waals surface area contributed by atoms with Gasteiger partial charge in [-0.15, -0.1) is 0 Å². The van der Waals surface area contributed by atoms with Crippen molar-refractivity contribution in [3.05, 3.63) is 69.2 Å². The second-order valence-corrected chi connectivity index (χ2v) is 12.3. The van der Waals surface area contributed by atoms with Gasteiger partial charge in [0, 0.05) is 36.6 Å². The predicted octanol–water partition coefficient (Wildman–Crippen LogP) is 3.96. The van der Waals surface area contributed by atoms with Crippen molar-refractivity contribution in [3.8, 4) is 0 Å². The van der Waals surface area contributed by atoms with Crippen LogP contribution in [-0.2, 0) is 32.5 Å². The Morgan fingerprint density at radius 2 is 1.88 bits per heavy atom. The molecular formula is C25H23ClF3N5O5S2. The first-order valence-corrected chi connectivity index (χ1v) is 14.9. The van der Waals surface area contributed by atoms with E-state index in [0.717, 1.165) is 22.7 Å². The van der Waals surface area contributed by atoms with Crippen LogP contribution in [0.15, 0.2) is 47.5 Å². The summed E-state index contributed by atoms with van der Waals surface area (Å²) < 4.78 is 75.6. The van der Waals surface area contributed by atoms with E-state index in [9.17, 15) is 31.2 Å². The van der Waals surface area contributed by atoms with Gasteiger partial charge in [-0.3, -0.25) is 19.2 Å². The van der Waals surface area contributed by atoms with E-state index in [0.29, 0.717) is 29.7 Å². The van der Waals surface area contributed by atoms with Gasteiger partial charge in [-0.05, 0) is 53.2 Å². The number of benzene rings is 2. The Morgan fingerprint density at radius 1 is 1.12 bits per heavy atom. The molecule has 2 aromatic carbocycles. The molecule has 218 valence electrons. The number of ether oxygens (including phenoxy) is 1. The molecule has 3 aromatic rings. The number of thioether (sulfide) groups is 1. The number of rotatable bonds is 8. The third-order valence-electron chi connectivity index (χ3n) is 6.46. The van der Waals surface area contributed by atoms with Crippen LogP contribution in [0.3, 0.4) is 0 Å². The summed E-state index contributed by atoms with van der Waals surface area (Å²) >= 11 is 6.51. The topological polar surface area (TPSA) is 114 Å². The molecule has 0 bridgehead atoms. The zero-order valence-corrected chi connectivity index (χ0v) is 23.6. The van der Waals surface area contributed by atoms with Crippen molar-refractivity contribution >= 4 is 61.7 Å². The fraction of sp³-hybridized carbons (Fsp3) is 0.320. The normalized spacial score (nSPS) is 18.2. The van der Waals surface area contributed by atoms with E-state index in [1.807, 2.05) is 0 Å². The van der Waals surface area contributed by atoms with E-state index in [1.54, 1.807) is 18.2 Å². The summed E-state index contributed by atoms with van der Waals surface area (Å²) in [7, 11) is -3.76. The second-order valence-electron chi connectivity index (χ2n) is 9.16. The van der Waals surface area contributed by atoms with Gasteiger partial charge < -0.3 is 4.74 Å². The van der Waals surface area contributed by atoms with Gasteiger partial charge in [0.1, 0.15) is 0 Å². The predicted molar refractivity (Wildman–Crippen MR) is 147 cm³/mol. The van der Waals surface area contributed by atoms with Gasteiger partial charge in [0.05, 0.1) is 41.9 Å². The van der Waals surface area contributed by atoms with Gasteiger partial charge in [0.15, 0.2) is 0 Å². The number of nitrogens with one attached hydrogen (secondary N) is 1. The summed E-state index contributed by atoms with van der Waals surface area (Å²) in [5, 5.41) is 4.31. The highest BCUT2D eigenvalue weighted by atomic mass is 35.5. The summed E-state index contributed by atoms with van der Waals surface area (Å²) in [6.45, 7) is 0.619. The maximum Gasteiger partial charge on any atom is 0.416 e. The molecule has 2 aliphatic rings. The number of alkyl halides is 3. The Labute approximate surface area is 242 Å². The lowest BCUT2D eigenvalue weighted by Crippen LogP contribution is -2.48. The number of carbonyl (C=O) groups excluding carboxylic acids is 2. The molecule has 0 saturated carbocycles. The Hall–Kier alpha value is -2.95. The molecule has 0 atom stereocenters. The van der Waals surface area contributed by atoms with Crippen molar-refractivity contribution in [2.75, 3.05) is 39.4 Å². The van der Waals surface area contributed by atoms with Crippen LogP contribution in [0.5, 0.6) is 0 Å². The first-order chi connectivity index (χ1) is 19.4. The largest absolute Gasteiger partial charge is 0.416 e. The first-order valence-electron chi connectivity index (χ1n) is 12.3. The monoisotopic (exact) mass is 629 g/mol. The van der Waals surface area contributed by atoms with E-state index in [-0.39, 0.29) is 48.2 Å². The average Bonchev–Trinajstić information content (AvgIpc) is 3.44. The molecule has 2 aliphatic heterocycles. The van der Waals surface area contributed by atoms with Gasteiger partial charge in [-0.25, -0.2) is 4.72 Å². The lowest BCUT2D eigenvalue weighted by Gasteiger charge is -2.26. The van der Waals surface area contributed by atoms with Crippen LogP contribution < -0.4 is 4.72 Å². The zero-order chi connectivity index (χ0) is 29.4. The zero-order valence-electron chi connectivity index (χ0n) is 21.2. The smallest absolute Gasteiger partial charge is 0.379 e. The molecule has 2 saturated heterocycles. The molecule has 41 heavy (non-hydrogen) atoms. The number of nitrogens with zero attached hydrogens (tertiary/aromatic N) is 4. The lowest BCUT2D eigenvalue weighted by atomic mass is 10.1. The molecule has 10 nitrogen and oxygen atoms in total. The number of hydrogen-bond donors (Lipinski definition) is 1. The van der Waals surface area contributed by atoms with Crippen molar-refractivity contribution in [2.45, 2.75) is 12.7 Å². The second kappa shape index (κ2) is 11.7. The van der Waals surface area contributed by atoms with E-state index >= 15 is 0 Å². The minimum absolute atomic E-state index is 0.0110. The standard InChI is InChI=1S/C25H23ClF3N5O5S2/c26-19-3-2-17(20(13-19)25(27,28)29)15-34-21-4-1-16(11-18(21)14-30-34)12-22-23(35)33(24(36)40-22)6-5-31-41(37,38)32-7-9-39-10-8-32/h1-4,11-14,31H,5-10,15H2/b22-12-. The van der Waals surface area contributed by atoms with Crippen LogP contribution in [-0.4, -0.2) is 77.9 Å². The van der Waals surface area contributed by atoms with Gasteiger partial charge in [-0.1, -0.05) is 23.7 Å². The third-order valence-corrected chi connectivity index (χ3v) is 9.22. The number of hydrogen-bond acceptors (Lipinski definition) is 7. The van der Waals surface area contributed by atoms with Crippen molar-refractivity contribution in [1.82, 2.24) is 23.7 Å². The number of aromatic nitrogens is 2. The fourth-order valence-electron chi connectivity index (χ4n) is 4.44. The maximum absolute atomic E-state index is 13.5. The summed E-state index contributed by atoms with van der Waals surface area (Å²) in [6.07, 6.45) is -1.55. The molecule has 0 spiro atoms. The summed E-state index contributed by atoms with van der Waals surface area (Å²) in [5.41, 5.74) is 0.329. The summed E-state index contributed by atoms with van der Waals surface area (Å²) in [4.78, 5) is 26.5. The first kappa shape index (κ1) is 29.5. The number of amides is 2. The summed E-state index contributed by atoms with van der Waals surface area (Å²) in [5.74, 6) is -0.552. The van der Waals surface area contributed by atoms with E-state index in [2.05, 4.69) is 9.82 Å². The fourth-order valence-corrected chi connectivity index (χ4v) is 6.64. The van der Waals surface area contributed by atoms with Crippen LogP contribution >= 0.6 is 23.4 Å². The molecule has 0 radical (unpaired) electrons. The van der Waals surface area contributed by atoms with Crippen molar-refractivity contribution in [3.63, 3.8) is 0 Å². The molecule has 16 heteroatoms. The Bertz CT molecular complexity index is 1640. The molecular weight excluding hydrogens is 607 g/mol. The van der Waals surface area contributed by atoms with E-state index in [1.165, 1.54) is 33.4 Å². The molecule has 5 rings (SSSR count). The van der Waals surface area contributed by atoms with Gasteiger partial charge in [-0.2, -0.15) is 31.0 Å². The number of morpholine rings is 1. The summed E-state index contributed by atoms with van der Waals surface area (Å²) in [6, 6.07) is 8.63.